The number of hydrogen-bond acceptors (Lipinski definition) is 2. The first-order valence-corrected chi connectivity index (χ1v) is 6.80. The average molecular weight is 322 g/mol. The van der Waals surface area contributed by atoms with Gasteiger partial charge in [0.25, 0.3) is 5.56 Å². The predicted octanol–water partition coefficient (Wildman–Crippen LogP) is 3.28. The summed E-state index contributed by atoms with van der Waals surface area (Å²) in [6, 6.07) is 7.80. The Hall–Kier alpha value is -1.55. The van der Waals surface area contributed by atoms with Crippen molar-refractivity contribution >= 4 is 15.9 Å². The molecule has 0 bridgehead atoms. The minimum atomic E-state index is 0.0201. The first-order valence-electron chi connectivity index (χ1n) is 6.01. The molecule has 4 heteroatoms. The molecule has 0 saturated carbocycles. The number of ether oxygens (including phenoxy) is 1. The van der Waals surface area contributed by atoms with Gasteiger partial charge < -0.3 is 9.30 Å². The average Bonchev–Trinajstić information content (AvgIpc) is 2.35. The van der Waals surface area contributed by atoms with Crippen molar-refractivity contribution in [1.82, 2.24) is 4.57 Å². The molecule has 0 atom stereocenters. The van der Waals surface area contributed by atoms with E-state index in [4.69, 9.17) is 4.74 Å². The minimum Gasteiger partial charge on any atom is -0.496 e. The molecule has 1 aromatic heterocycles. The topological polar surface area (TPSA) is 31.2 Å². The molecule has 0 radical (unpaired) electrons. The maximum absolute atomic E-state index is 12.1. The Kier molecular flexibility index (Phi) is 4.10. The third-order valence-electron chi connectivity index (χ3n) is 3.01. The quantitative estimate of drug-likeness (QED) is 0.868. The van der Waals surface area contributed by atoms with Gasteiger partial charge in [-0.05, 0) is 41.9 Å². The minimum absolute atomic E-state index is 0.0201. The molecule has 0 aliphatic heterocycles. The Labute approximate surface area is 121 Å². The smallest absolute Gasteiger partial charge is 0.253 e. The summed E-state index contributed by atoms with van der Waals surface area (Å²) in [5, 5.41) is 0. The summed E-state index contributed by atoms with van der Waals surface area (Å²) in [5.74, 6) is 0.801. The number of halogens is 1. The summed E-state index contributed by atoms with van der Waals surface area (Å²) < 4.78 is 7.94. The van der Waals surface area contributed by atoms with Crippen molar-refractivity contribution in [1.29, 1.82) is 0 Å². The van der Waals surface area contributed by atoms with Gasteiger partial charge in [-0.3, -0.25) is 4.79 Å². The molecule has 0 fully saturated rings. The second-order valence-corrected chi connectivity index (χ2v) is 5.51. The fourth-order valence-corrected chi connectivity index (χ4v) is 2.66. The van der Waals surface area contributed by atoms with Crippen LogP contribution < -0.4 is 10.3 Å². The van der Waals surface area contributed by atoms with E-state index in [1.165, 1.54) is 0 Å². The number of rotatable bonds is 3. The molecule has 0 aliphatic carbocycles. The lowest BCUT2D eigenvalue weighted by Crippen LogP contribution is -2.22. The molecule has 0 unspecified atom stereocenters. The van der Waals surface area contributed by atoms with Crippen molar-refractivity contribution in [2.24, 2.45) is 0 Å². The Balaban J connectivity index is 2.47. The van der Waals surface area contributed by atoms with E-state index >= 15 is 0 Å². The SMILES string of the molecule is COc1ccc(C)cc1Cn1cc(Br)cc(C)c1=O. The lowest BCUT2D eigenvalue weighted by atomic mass is 10.1. The molecule has 19 heavy (non-hydrogen) atoms. The van der Waals surface area contributed by atoms with E-state index in [1.807, 2.05) is 38.1 Å². The first-order chi connectivity index (χ1) is 9.01. The van der Waals surface area contributed by atoms with Crippen molar-refractivity contribution in [3.63, 3.8) is 0 Å². The van der Waals surface area contributed by atoms with E-state index < -0.39 is 0 Å². The van der Waals surface area contributed by atoms with Gasteiger partial charge in [0.2, 0.25) is 0 Å². The zero-order chi connectivity index (χ0) is 14.0. The highest BCUT2D eigenvalue weighted by Crippen LogP contribution is 2.20. The molecule has 0 saturated heterocycles. The Bertz CT molecular complexity index is 662. The number of aromatic nitrogens is 1. The third kappa shape index (κ3) is 3.07. The molecular formula is C15H16BrNO2. The van der Waals surface area contributed by atoms with E-state index in [-0.39, 0.29) is 5.56 Å². The molecule has 0 amide bonds. The first kappa shape index (κ1) is 13.9. The van der Waals surface area contributed by atoms with Gasteiger partial charge in [0.15, 0.2) is 0 Å². The Morgan fingerprint density at radius 1 is 1.26 bits per heavy atom. The van der Waals surface area contributed by atoms with Crippen molar-refractivity contribution in [2.75, 3.05) is 7.11 Å². The predicted molar refractivity (Wildman–Crippen MR) is 80.0 cm³/mol. The zero-order valence-electron chi connectivity index (χ0n) is 11.2. The number of aryl methyl sites for hydroxylation is 2. The second kappa shape index (κ2) is 5.61. The maximum Gasteiger partial charge on any atom is 0.253 e. The lowest BCUT2D eigenvalue weighted by molar-refractivity contribution is 0.408. The van der Waals surface area contributed by atoms with Crippen LogP contribution in [0.2, 0.25) is 0 Å². The van der Waals surface area contributed by atoms with E-state index in [1.54, 1.807) is 17.9 Å². The van der Waals surface area contributed by atoms with Crippen LogP contribution >= 0.6 is 15.9 Å². The van der Waals surface area contributed by atoms with Gasteiger partial charge in [0.1, 0.15) is 5.75 Å². The summed E-state index contributed by atoms with van der Waals surface area (Å²) in [5.41, 5.74) is 2.89. The van der Waals surface area contributed by atoms with Crippen LogP contribution in [0.3, 0.4) is 0 Å². The van der Waals surface area contributed by atoms with Gasteiger partial charge in [0.05, 0.1) is 13.7 Å². The largest absolute Gasteiger partial charge is 0.496 e. The van der Waals surface area contributed by atoms with E-state index in [2.05, 4.69) is 15.9 Å². The lowest BCUT2D eigenvalue weighted by Gasteiger charge is -2.12. The van der Waals surface area contributed by atoms with Crippen LogP contribution in [-0.4, -0.2) is 11.7 Å². The number of benzene rings is 1. The van der Waals surface area contributed by atoms with E-state index in [0.717, 1.165) is 26.9 Å². The van der Waals surface area contributed by atoms with Gasteiger partial charge in [-0.15, -0.1) is 0 Å². The van der Waals surface area contributed by atoms with Gasteiger partial charge in [-0.1, -0.05) is 17.7 Å². The van der Waals surface area contributed by atoms with E-state index in [0.29, 0.717) is 6.54 Å². The van der Waals surface area contributed by atoms with Crippen LogP contribution in [0.5, 0.6) is 5.75 Å². The third-order valence-corrected chi connectivity index (χ3v) is 3.44. The van der Waals surface area contributed by atoms with Crippen LogP contribution in [-0.2, 0) is 6.54 Å². The molecule has 2 rings (SSSR count). The molecule has 1 aromatic carbocycles. The standard InChI is InChI=1S/C15H16BrNO2/c1-10-4-5-14(19-3)12(6-10)8-17-9-13(16)7-11(2)15(17)18/h4-7,9H,8H2,1-3H3. The Morgan fingerprint density at radius 3 is 2.68 bits per heavy atom. The van der Waals surface area contributed by atoms with Crippen LogP contribution in [0.4, 0.5) is 0 Å². The van der Waals surface area contributed by atoms with E-state index in [9.17, 15) is 4.79 Å². The van der Waals surface area contributed by atoms with Gasteiger partial charge in [-0.2, -0.15) is 0 Å². The van der Waals surface area contributed by atoms with Gasteiger partial charge >= 0.3 is 0 Å². The zero-order valence-corrected chi connectivity index (χ0v) is 12.8. The van der Waals surface area contributed by atoms with Crippen LogP contribution in [0.1, 0.15) is 16.7 Å². The number of hydrogen-bond donors (Lipinski definition) is 0. The molecule has 1 heterocycles. The van der Waals surface area contributed by atoms with Crippen LogP contribution in [0.25, 0.3) is 0 Å². The van der Waals surface area contributed by atoms with Gasteiger partial charge in [-0.25, -0.2) is 0 Å². The highest BCUT2D eigenvalue weighted by molar-refractivity contribution is 9.10. The molecule has 3 nitrogen and oxygen atoms in total. The number of nitrogens with zero attached hydrogens (tertiary/aromatic N) is 1. The highest BCUT2D eigenvalue weighted by atomic mass is 79.9. The number of methoxy groups -OCH3 is 1. The highest BCUT2D eigenvalue weighted by Gasteiger charge is 2.07. The fraction of sp³-hybridized carbons (Fsp3) is 0.267. The summed E-state index contributed by atoms with van der Waals surface area (Å²) in [6.45, 7) is 4.35. The molecule has 0 N–H and O–H groups in total. The van der Waals surface area contributed by atoms with Crippen LogP contribution in [0, 0.1) is 13.8 Å². The summed E-state index contributed by atoms with van der Waals surface area (Å²) >= 11 is 3.42. The van der Waals surface area contributed by atoms with Crippen molar-refractivity contribution < 1.29 is 4.74 Å². The molecular weight excluding hydrogens is 306 g/mol. The molecule has 100 valence electrons. The summed E-state index contributed by atoms with van der Waals surface area (Å²) in [4.78, 5) is 12.1. The second-order valence-electron chi connectivity index (χ2n) is 4.59. The molecule has 2 aromatic rings. The normalized spacial score (nSPS) is 10.5. The van der Waals surface area contributed by atoms with Crippen molar-refractivity contribution in [2.45, 2.75) is 20.4 Å². The molecule has 0 aliphatic rings. The van der Waals surface area contributed by atoms with Crippen molar-refractivity contribution in [3.8, 4) is 5.75 Å². The fourth-order valence-electron chi connectivity index (χ4n) is 2.07. The molecule has 0 spiro atoms. The van der Waals surface area contributed by atoms with Crippen LogP contribution in [0.15, 0.2) is 39.7 Å². The van der Waals surface area contributed by atoms with Crippen molar-refractivity contribution in [3.05, 3.63) is 62.0 Å². The Morgan fingerprint density at radius 2 is 2.00 bits per heavy atom. The monoisotopic (exact) mass is 321 g/mol. The summed E-state index contributed by atoms with van der Waals surface area (Å²) in [6.07, 6.45) is 1.80. The summed E-state index contributed by atoms with van der Waals surface area (Å²) in [7, 11) is 1.64. The van der Waals surface area contributed by atoms with Gasteiger partial charge in [0, 0.05) is 21.8 Å². The number of pyridine rings is 1. The maximum atomic E-state index is 12.1.